The molecule has 0 aliphatic rings. The molecule has 0 saturated carbocycles. The van der Waals surface area contributed by atoms with E-state index >= 15 is 0 Å². The lowest BCUT2D eigenvalue weighted by Gasteiger charge is -2.13. The van der Waals surface area contributed by atoms with Crippen molar-refractivity contribution in [2.24, 2.45) is 0 Å². The summed E-state index contributed by atoms with van der Waals surface area (Å²) in [4.78, 5) is 14.4. The summed E-state index contributed by atoms with van der Waals surface area (Å²) in [5.41, 5.74) is 0.620. The van der Waals surface area contributed by atoms with E-state index < -0.39 is 11.7 Å². The van der Waals surface area contributed by atoms with Gasteiger partial charge in [0.15, 0.2) is 5.78 Å². The minimum atomic E-state index is -4.44. The van der Waals surface area contributed by atoms with Gasteiger partial charge in [-0.2, -0.15) is 13.2 Å². The standard InChI is InChI=1S/C25H22BrF3O3S/c1-3-5-23-20(26)14-24(33-23)21(30)10-8-16-9-11-22(31-2)17(12-16)15-32-19-7-4-6-18(13-19)25(27,28)29/h4,6-14H,3,5,15H2,1-2H3/b10-8+. The third-order valence-electron chi connectivity index (χ3n) is 4.76. The number of aryl methyl sites for hydroxylation is 1. The molecular weight excluding hydrogens is 517 g/mol. The van der Waals surface area contributed by atoms with Crippen LogP contribution in [0.4, 0.5) is 13.2 Å². The Balaban J connectivity index is 1.74. The molecule has 1 aromatic heterocycles. The predicted molar refractivity (Wildman–Crippen MR) is 128 cm³/mol. The quantitative estimate of drug-likeness (QED) is 0.204. The second kappa shape index (κ2) is 11.0. The number of ether oxygens (including phenoxy) is 2. The molecule has 0 radical (unpaired) electrons. The van der Waals surface area contributed by atoms with Crippen LogP contribution in [0.15, 0.2) is 59.1 Å². The highest BCUT2D eigenvalue weighted by Gasteiger charge is 2.30. The SMILES string of the molecule is CCCc1sc(C(=O)/C=C/c2ccc(OC)c(COc3cccc(C(F)(F)F)c3)c2)cc1Br. The zero-order valence-electron chi connectivity index (χ0n) is 18.0. The third kappa shape index (κ3) is 6.71. The molecule has 1 heterocycles. The smallest absolute Gasteiger partial charge is 0.416 e. The van der Waals surface area contributed by atoms with Crippen molar-refractivity contribution in [2.45, 2.75) is 32.5 Å². The molecule has 0 aliphatic carbocycles. The van der Waals surface area contributed by atoms with Gasteiger partial charge in [-0.05, 0) is 70.4 Å². The van der Waals surface area contributed by atoms with Crippen LogP contribution in [0.25, 0.3) is 6.08 Å². The van der Waals surface area contributed by atoms with E-state index in [1.807, 2.05) is 6.07 Å². The average Bonchev–Trinajstić information content (AvgIpc) is 3.16. The van der Waals surface area contributed by atoms with Gasteiger partial charge >= 0.3 is 6.18 Å². The summed E-state index contributed by atoms with van der Waals surface area (Å²) in [6.45, 7) is 2.10. The number of methoxy groups -OCH3 is 1. The van der Waals surface area contributed by atoms with Crippen molar-refractivity contribution in [1.29, 1.82) is 0 Å². The normalized spacial score (nSPS) is 11.7. The lowest BCUT2D eigenvalue weighted by Crippen LogP contribution is -2.05. The van der Waals surface area contributed by atoms with Gasteiger partial charge in [-0.3, -0.25) is 4.79 Å². The van der Waals surface area contributed by atoms with Gasteiger partial charge in [0.25, 0.3) is 0 Å². The number of allylic oxidation sites excluding steroid dienone is 1. The highest BCUT2D eigenvalue weighted by Crippen LogP contribution is 2.32. The lowest BCUT2D eigenvalue weighted by molar-refractivity contribution is -0.137. The summed E-state index contributed by atoms with van der Waals surface area (Å²) in [7, 11) is 1.50. The summed E-state index contributed by atoms with van der Waals surface area (Å²) in [5, 5.41) is 0. The van der Waals surface area contributed by atoms with E-state index in [9.17, 15) is 18.0 Å². The van der Waals surface area contributed by atoms with Crippen molar-refractivity contribution in [3.63, 3.8) is 0 Å². The maximum atomic E-state index is 12.9. The maximum Gasteiger partial charge on any atom is 0.416 e. The number of rotatable bonds is 9. The Morgan fingerprint density at radius 2 is 1.94 bits per heavy atom. The molecule has 0 aliphatic heterocycles. The second-order valence-electron chi connectivity index (χ2n) is 7.21. The van der Waals surface area contributed by atoms with Gasteiger partial charge in [-0.15, -0.1) is 11.3 Å². The molecule has 0 N–H and O–H groups in total. The molecule has 2 aromatic carbocycles. The molecular formula is C25H22BrF3O3S. The molecule has 0 atom stereocenters. The van der Waals surface area contributed by atoms with Crippen LogP contribution in [0.3, 0.4) is 0 Å². The molecule has 0 fully saturated rings. The Bertz CT molecular complexity index is 1150. The van der Waals surface area contributed by atoms with Crippen LogP contribution in [0.2, 0.25) is 0 Å². The van der Waals surface area contributed by atoms with Gasteiger partial charge in [-0.25, -0.2) is 0 Å². The second-order valence-corrected chi connectivity index (χ2v) is 9.21. The lowest BCUT2D eigenvalue weighted by atomic mass is 10.1. The van der Waals surface area contributed by atoms with Gasteiger partial charge in [-0.1, -0.05) is 31.6 Å². The van der Waals surface area contributed by atoms with E-state index in [1.54, 1.807) is 24.3 Å². The first-order valence-electron chi connectivity index (χ1n) is 10.2. The van der Waals surface area contributed by atoms with E-state index in [1.165, 1.54) is 36.7 Å². The highest BCUT2D eigenvalue weighted by molar-refractivity contribution is 9.10. The topological polar surface area (TPSA) is 35.5 Å². The molecule has 3 rings (SSSR count). The Hall–Kier alpha value is -2.58. The van der Waals surface area contributed by atoms with Crippen LogP contribution in [0.1, 0.15) is 44.6 Å². The minimum Gasteiger partial charge on any atom is -0.496 e. The summed E-state index contributed by atoms with van der Waals surface area (Å²) < 4.78 is 50.7. The minimum absolute atomic E-state index is 0.0123. The van der Waals surface area contributed by atoms with E-state index in [4.69, 9.17) is 9.47 Å². The molecule has 3 aromatic rings. The fourth-order valence-electron chi connectivity index (χ4n) is 3.12. The molecule has 0 bridgehead atoms. The molecule has 33 heavy (non-hydrogen) atoms. The van der Waals surface area contributed by atoms with Crippen LogP contribution >= 0.6 is 27.3 Å². The number of thiophene rings is 1. The monoisotopic (exact) mass is 538 g/mol. The van der Waals surface area contributed by atoms with Crippen molar-refractivity contribution in [3.8, 4) is 11.5 Å². The first-order chi connectivity index (χ1) is 15.7. The highest BCUT2D eigenvalue weighted by atomic mass is 79.9. The van der Waals surface area contributed by atoms with Crippen molar-refractivity contribution < 1.29 is 27.4 Å². The first-order valence-corrected chi connectivity index (χ1v) is 11.8. The molecule has 0 spiro atoms. The zero-order valence-corrected chi connectivity index (χ0v) is 20.4. The third-order valence-corrected chi connectivity index (χ3v) is 6.94. The number of ketones is 1. The fourth-order valence-corrected chi connectivity index (χ4v) is 5.01. The van der Waals surface area contributed by atoms with E-state index in [-0.39, 0.29) is 18.1 Å². The molecule has 0 saturated heterocycles. The Morgan fingerprint density at radius 3 is 2.64 bits per heavy atom. The number of carbonyl (C=O) groups is 1. The van der Waals surface area contributed by atoms with E-state index in [0.29, 0.717) is 16.2 Å². The number of halogens is 4. The van der Waals surface area contributed by atoms with Gasteiger partial charge in [0.05, 0.1) is 17.6 Å². The summed E-state index contributed by atoms with van der Waals surface area (Å²) in [5.74, 6) is 0.548. The number of carbonyl (C=O) groups excluding carboxylic acids is 1. The number of hydrogen-bond acceptors (Lipinski definition) is 4. The van der Waals surface area contributed by atoms with Gasteiger partial charge < -0.3 is 9.47 Å². The van der Waals surface area contributed by atoms with Crippen molar-refractivity contribution in [1.82, 2.24) is 0 Å². The number of alkyl halides is 3. The maximum absolute atomic E-state index is 12.9. The zero-order chi connectivity index (χ0) is 24.0. The summed E-state index contributed by atoms with van der Waals surface area (Å²) in [6, 6.07) is 11.9. The Kier molecular flexibility index (Phi) is 8.37. The summed E-state index contributed by atoms with van der Waals surface area (Å²) >= 11 is 4.98. The number of benzene rings is 2. The van der Waals surface area contributed by atoms with Crippen LogP contribution in [0, 0.1) is 0 Å². The summed E-state index contributed by atoms with van der Waals surface area (Å²) in [6.07, 6.45) is 0.676. The van der Waals surface area contributed by atoms with Crippen molar-refractivity contribution in [3.05, 3.63) is 85.5 Å². The van der Waals surface area contributed by atoms with E-state index in [2.05, 4.69) is 22.9 Å². The van der Waals surface area contributed by atoms with Gasteiger partial charge in [0, 0.05) is 14.9 Å². The molecule has 0 amide bonds. The van der Waals surface area contributed by atoms with Crippen molar-refractivity contribution >= 4 is 39.1 Å². The van der Waals surface area contributed by atoms with Crippen molar-refractivity contribution in [2.75, 3.05) is 7.11 Å². The Morgan fingerprint density at radius 1 is 1.15 bits per heavy atom. The Labute approximate surface area is 203 Å². The van der Waals surface area contributed by atoms with Gasteiger partial charge in [0.1, 0.15) is 18.1 Å². The average molecular weight is 539 g/mol. The first kappa shape index (κ1) is 25.1. The molecule has 174 valence electrons. The van der Waals surface area contributed by atoms with E-state index in [0.717, 1.165) is 39.9 Å². The largest absolute Gasteiger partial charge is 0.496 e. The molecule has 3 nitrogen and oxygen atoms in total. The van der Waals surface area contributed by atoms with Crippen LogP contribution in [0.5, 0.6) is 11.5 Å². The van der Waals surface area contributed by atoms with Gasteiger partial charge in [0.2, 0.25) is 0 Å². The number of hydrogen-bond donors (Lipinski definition) is 0. The molecule has 8 heteroatoms. The van der Waals surface area contributed by atoms with Crippen LogP contribution < -0.4 is 9.47 Å². The fraction of sp³-hybridized carbons (Fsp3) is 0.240. The van der Waals surface area contributed by atoms with Crippen LogP contribution in [-0.2, 0) is 19.2 Å². The van der Waals surface area contributed by atoms with Crippen LogP contribution in [-0.4, -0.2) is 12.9 Å². The predicted octanol–water partition coefficient (Wildman–Crippen LogP) is 7.97. The molecule has 0 unspecified atom stereocenters.